The molecule has 0 N–H and O–H groups in total. The van der Waals surface area contributed by atoms with Gasteiger partial charge in [0, 0.05) is 57.1 Å². The maximum atomic E-state index is 14.0. The number of aromatic nitrogens is 4. The number of hydrogen-bond acceptors (Lipinski definition) is 8. The molecule has 6 rings (SSSR count). The van der Waals surface area contributed by atoms with Crippen molar-refractivity contribution in [3.8, 4) is 6.07 Å². The molecule has 2 aliphatic heterocycles. The van der Waals surface area contributed by atoms with E-state index in [1.54, 1.807) is 0 Å². The molecule has 2 unspecified atom stereocenters. The Morgan fingerprint density at radius 1 is 0.900 bits per heavy atom. The molecule has 0 radical (unpaired) electrons. The van der Waals surface area contributed by atoms with Crippen molar-refractivity contribution in [1.29, 1.82) is 5.26 Å². The summed E-state index contributed by atoms with van der Waals surface area (Å²) in [6.07, 6.45) is -14.5. The summed E-state index contributed by atoms with van der Waals surface area (Å²) in [5.41, 5.74) is -4.42. The van der Waals surface area contributed by atoms with E-state index in [4.69, 9.17) is 4.74 Å². The van der Waals surface area contributed by atoms with Crippen LogP contribution in [0.1, 0.15) is 52.8 Å². The Hall–Kier alpha value is -3.95. The maximum Gasteiger partial charge on any atom is 0.416 e. The predicted octanol–water partition coefficient (Wildman–Crippen LogP) is 6.08. The number of fused-ring (bicyclic) bond motifs is 1. The van der Waals surface area contributed by atoms with Gasteiger partial charge >= 0.3 is 18.5 Å². The minimum absolute atomic E-state index is 0.00578. The van der Waals surface area contributed by atoms with Crippen LogP contribution in [0, 0.1) is 23.2 Å². The monoisotopic (exact) mass is 716 g/mol. The van der Waals surface area contributed by atoms with Crippen LogP contribution in [0.25, 0.3) is 0 Å². The Morgan fingerprint density at radius 2 is 1.50 bits per heavy atom. The first-order valence-corrected chi connectivity index (χ1v) is 15.9. The predicted molar refractivity (Wildman–Crippen MR) is 159 cm³/mol. The minimum atomic E-state index is -5.10. The van der Waals surface area contributed by atoms with E-state index in [9.17, 15) is 44.8 Å². The van der Waals surface area contributed by atoms with Gasteiger partial charge in [-0.25, -0.2) is 0 Å². The number of ether oxygens (including phenoxy) is 1. The summed E-state index contributed by atoms with van der Waals surface area (Å²) in [6, 6.07) is 6.52. The van der Waals surface area contributed by atoms with Gasteiger partial charge in [-0.05, 0) is 58.7 Å². The molecule has 3 aromatic rings. The first-order valence-electron chi connectivity index (χ1n) is 15.9. The highest BCUT2D eigenvalue weighted by Crippen LogP contribution is 2.60. The molecule has 4 atom stereocenters. The Labute approximate surface area is 281 Å². The number of alkyl halides is 9. The third-order valence-electron chi connectivity index (χ3n) is 9.90. The number of tetrazole rings is 1. The molecule has 3 fully saturated rings. The summed E-state index contributed by atoms with van der Waals surface area (Å²) in [6.45, 7) is 4.22. The van der Waals surface area contributed by atoms with Crippen LogP contribution in [0.5, 0.6) is 0 Å². The number of likely N-dealkylation sites (tertiary alicyclic amines) is 1. The van der Waals surface area contributed by atoms with E-state index < -0.39 is 65.5 Å². The average Bonchev–Trinajstić information content (AvgIpc) is 3.33. The molecule has 3 aliphatic rings. The van der Waals surface area contributed by atoms with E-state index in [-0.39, 0.29) is 29.4 Å². The summed E-state index contributed by atoms with van der Waals surface area (Å²) in [7, 11) is 1.39. The highest BCUT2D eigenvalue weighted by atomic mass is 19.4. The second-order valence-corrected chi connectivity index (χ2v) is 12.9. The average molecular weight is 717 g/mol. The highest BCUT2D eigenvalue weighted by Gasteiger charge is 2.72. The largest absolute Gasteiger partial charge is 0.416 e. The second-order valence-electron chi connectivity index (χ2n) is 12.9. The highest BCUT2D eigenvalue weighted by molar-refractivity contribution is 5.43. The molecular formula is C32H33F9N8O. The summed E-state index contributed by atoms with van der Waals surface area (Å²) in [5, 5.41) is 21.9. The van der Waals surface area contributed by atoms with E-state index >= 15 is 0 Å². The van der Waals surface area contributed by atoms with E-state index in [0.717, 1.165) is 16.9 Å². The van der Waals surface area contributed by atoms with E-state index in [1.165, 1.54) is 18.0 Å². The van der Waals surface area contributed by atoms with Crippen molar-refractivity contribution in [3.63, 3.8) is 0 Å². The van der Waals surface area contributed by atoms with Gasteiger partial charge in [-0.2, -0.15) is 49.6 Å². The number of anilines is 1. The van der Waals surface area contributed by atoms with Gasteiger partial charge in [-0.15, -0.1) is 5.10 Å². The molecular weight excluding hydrogens is 683 g/mol. The Bertz CT molecular complexity index is 1700. The maximum absolute atomic E-state index is 14.0. The van der Waals surface area contributed by atoms with Crippen molar-refractivity contribution < 1.29 is 44.3 Å². The van der Waals surface area contributed by atoms with Gasteiger partial charge in [0.1, 0.15) is 5.54 Å². The number of nitriles is 1. The molecule has 0 spiro atoms. The number of hydrogen-bond donors (Lipinski definition) is 0. The van der Waals surface area contributed by atoms with E-state index in [2.05, 4.69) is 31.3 Å². The van der Waals surface area contributed by atoms with Gasteiger partial charge in [0.05, 0.1) is 43.0 Å². The molecule has 0 bridgehead atoms. The van der Waals surface area contributed by atoms with E-state index in [1.807, 2.05) is 6.92 Å². The third kappa shape index (κ3) is 6.87. The molecule has 2 aromatic carbocycles. The lowest BCUT2D eigenvalue weighted by Crippen LogP contribution is -2.49. The number of benzene rings is 2. The molecule has 1 aromatic heterocycles. The Kier molecular flexibility index (Phi) is 9.31. The summed E-state index contributed by atoms with van der Waals surface area (Å²) < 4.78 is 130. The van der Waals surface area contributed by atoms with Gasteiger partial charge < -0.3 is 9.64 Å². The van der Waals surface area contributed by atoms with Crippen molar-refractivity contribution in [1.82, 2.24) is 30.0 Å². The first kappa shape index (κ1) is 35.9. The third-order valence-corrected chi connectivity index (χ3v) is 9.90. The number of piperidine rings is 1. The molecule has 3 heterocycles. The molecule has 2 saturated heterocycles. The SMILES string of the molecule is CCC(c1ccc(C(F)(F)F)cc1CN(Cc1cc(C(F)(F)F)cc(C(F)(F)F)c1)c1nnn(C)n1)N1C[C@@H]2[C@H](C1)C2(C#N)N1CCOCC1. The molecule has 9 nitrogen and oxygen atoms in total. The van der Waals surface area contributed by atoms with E-state index in [0.29, 0.717) is 63.5 Å². The van der Waals surface area contributed by atoms with Crippen molar-refractivity contribution in [2.45, 2.75) is 56.5 Å². The van der Waals surface area contributed by atoms with Crippen molar-refractivity contribution in [2.75, 3.05) is 44.3 Å². The van der Waals surface area contributed by atoms with Crippen LogP contribution in [0.3, 0.4) is 0 Å². The van der Waals surface area contributed by atoms with Gasteiger partial charge in [-0.1, -0.05) is 18.1 Å². The first-order chi connectivity index (χ1) is 23.5. The lowest BCUT2D eigenvalue weighted by molar-refractivity contribution is -0.143. The molecule has 18 heteroatoms. The summed E-state index contributed by atoms with van der Waals surface area (Å²) >= 11 is 0. The zero-order valence-electron chi connectivity index (χ0n) is 26.9. The number of morpholine rings is 1. The molecule has 1 aliphatic carbocycles. The smallest absolute Gasteiger partial charge is 0.379 e. The molecule has 1 saturated carbocycles. The number of nitrogens with zero attached hydrogens (tertiary/aromatic N) is 8. The fraction of sp³-hybridized carbons (Fsp3) is 0.562. The van der Waals surface area contributed by atoms with Gasteiger partial charge in [0.15, 0.2) is 0 Å². The minimum Gasteiger partial charge on any atom is -0.379 e. The zero-order valence-corrected chi connectivity index (χ0v) is 26.9. The van der Waals surface area contributed by atoms with Crippen LogP contribution in [0.4, 0.5) is 45.5 Å². The number of halogens is 9. The number of aryl methyl sites for hydroxylation is 1. The van der Waals surface area contributed by atoms with Gasteiger partial charge in [0.2, 0.25) is 0 Å². The van der Waals surface area contributed by atoms with Crippen LogP contribution in [-0.4, -0.2) is 74.9 Å². The van der Waals surface area contributed by atoms with Crippen LogP contribution in [0.2, 0.25) is 0 Å². The zero-order chi connectivity index (χ0) is 36.2. The molecule has 0 amide bonds. The standard InChI is InChI=1S/C32H33F9N8O/c1-3-27(47-16-25-26(17-47)29(25,18-42)49-6-8-50-9-7-49)24-5-4-21(30(33,34)35)12-20(24)15-48(28-43-45-46(2)44-28)14-19-10-22(31(36,37)38)13-23(11-19)32(39,40)41/h4-5,10-13,25-27H,3,6-9,14-17H2,1-2H3/t25-,26+,27?,29?. The fourth-order valence-electron chi connectivity index (χ4n) is 7.58. The topological polar surface area (TPSA) is 86.3 Å². The second kappa shape index (κ2) is 13.0. The van der Waals surface area contributed by atoms with Crippen molar-refractivity contribution >= 4 is 5.95 Å². The molecule has 50 heavy (non-hydrogen) atoms. The Balaban J connectivity index is 1.35. The summed E-state index contributed by atoms with van der Waals surface area (Å²) in [4.78, 5) is 6.50. The van der Waals surface area contributed by atoms with Gasteiger partial charge in [0.25, 0.3) is 5.95 Å². The normalized spacial score (nSPS) is 23.8. The van der Waals surface area contributed by atoms with Crippen LogP contribution >= 0.6 is 0 Å². The van der Waals surface area contributed by atoms with Crippen molar-refractivity contribution in [3.05, 3.63) is 69.8 Å². The molecule has 270 valence electrons. The lowest BCUT2D eigenvalue weighted by atomic mass is 9.93. The Morgan fingerprint density at radius 3 is 2.00 bits per heavy atom. The number of rotatable bonds is 9. The summed E-state index contributed by atoms with van der Waals surface area (Å²) in [5.74, 6) is -0.148. The quantitative estimate of drug-likeness (QED) is 0.247. The fourth-order valence-corrected chi connectivity index (χ4v) is 7.58. The van der Waals surface area contributed by atoms with Crippen molar-refractivity contribution in [2.24, 2.45) is 18.9 Å². The van der Waals surface area contributed by atoms with Crippen LogP contribution < -0.4 is 4.90 Å². The van der Waals surface area contributed by atoms with Crippen LogP contribution in [0.15, 0.2) is 36.4 Å². The lowest BCUT2D eigenvalue weighted by Gasteiger charge is -2.37. The van der Waals surface area contributed by atoms with Gasteiger partial charge in [-0.3, -0.25) is 9.80 Å². The van der Waals surface area contributed by atoms with Crippen LogP contribution in [-0.2, 0) is 43.4 Å².